The molecule has 1 fully saturated rings. The second-order valence-corrected chi connectivity index (χ2v) is 4.89. The monoisotopic (exact) mass is 237 g/mol. The van der Waals surface area contributed by atoms with Gasteiger partial charge in [-0.05, 0) is 12.1 Å². The highest BCUT2D eigenvalue weighted by atomic mass is 32.2. The van der Waals surface area contributed by atoms with Gasteiger partial charge in [-0.2, -0.15) is 0 Å². The van der Waals surface area contributed by atoms with Crippen molar-refractivity contribution in [3.05, 3.63) is 35.9 Å². The van der Waals surface area contributed by atoms with E-state index in [2.05, 4.69) is 12.1 Å². The lowest BCUT2D eigenvalue weighted by atomic mass is 10.2. The Bertz CT molecular complexity index is 369. The summed E-state index contributed by atoms with van der Waals surface area (Å²) in [4.78, 5) is 13.1. The zero-order valence-electron chi connectivity index (χ0n) is 9.17. The quantitative estimate of drug-likeness (QED) is 0.875. The first-order chi connectivity index (χ1) is 7.74. The number of thioether (sulfide) groups is 1. The first-order valence-electron chi connectivity index (χ1n) is 5.39. The molecule has 1 heterocycles. The molecule has 16 heavy (non-hydrogen) atoms. The molecular formula is C12H15NO2S. The molecular weight excluding hydrogens is 222 g/mol. The fourth-order valence-electron chi connectivity index (χ4n) is 2.04. The standard InChI is InChI=1S/C12H15NO2S/c1-2-13-10(12(14)15)8-16-11(13)9-6-4-3-5-7-9/h3-7,10-11H,2,8H2,1H3,(H,14,15). The lowest BCUT2D eigenvalue weighted by Gasteiger charge is -2.25. The Balaban J connectivity index is 2.21. The van der Waals surface area contributed by atoms with E-state index in [-0.39, 0.29) is 11.4 Å². The number of hydrogen-bond acceptors (Lipinski definition) is 3. The average molecular weight is 237 g/mol. The van der Waals surface area contributed by atoms with Crippen LogP contribution in [0.5, 0.6) is 0 Å². The number of likely N-dealkylation sites (N-methyl/N-ethyl adjacent to an activating group) is 1. The molecule has 86 valence electrons. The van der Waals surface area contributed by atoms with Crippen LogP contribution in [0.2, 0.25) is 0 Å². The number of carbonyl (C=O) groups is 1. The van der Waals surface area contributed by atoms with Crippen molar-refractivity contribution in [2.24, 2.45) is 0 Å². The molecule has 2 atom stereocenters. The summed E-state index contributed by atoms with van der Waals surface area (Å²) in [5.41, 5.74) is 1.19. The summed E-state index contributed by atoms with van der Waals surface area (Å²) in [6, 6.07) is 9.75. The Kier molecular flexibility index (Phi) is 3.51. The normalized spacial score (nSPS) is 25.8. The van der Waals surface area contributed by atoms with Gasteiger partial charge in [0.25, 0.3) is 0 Å². The molecule has 0 aromatic heterocycles. The minimum Gasteiger partial charge on any atom is -0.480 e. The van der Waals surface area contributed by atoms with E-state index < -0.39 is 5.97 Å². The van der Waals surface area contributed by atoms with Crippen molar-refractivity contribution in [3.8, 4) is 0 Å². The van der Waals surface area contributed by atoms with E-state index >= 15 is 0 Å². The number of nitrogens with zero attached hydrogens (tertiary/aromatic N) is 1. The molecule has 4 heteroatoms. The summed E-state index contributed by atoms with van der Waals surface area (Å²) in [7, 11) is 0. The van der Waals surface area contributed by atoms with Crippen LogP contribution in [0.15, 0.2) is 30.3 Å². The van der Waals surface area contributed by atoms with Gasteiger partial charge in [-0.3, -0.25) is 9.69 Å². The van der Waals surface area contributed by atoms with Crippen molar-refractivity contribution in [2.45, 2.75) is 18.3 Å². The van der Waals surface area contributed by atoms with E-state index in [1.165, 1.54) is 5.56 Å². The second-order valence-electron chi connectivity index (χ2n) is 3.78. The zero-order valence-corrected chi connectivity index (χ0v) is 9.98. The molecule has 0 spiro atoms. The molecule has 1 saturated heterocycles. The maximum absolute atomic E-state index is 11.1. The van der Waals surface area contributed by atoms with Crippen molar-refractivity contribution < 1.29 is 9.90 Å². The summed E-state index contributed by atoms with van der Waals surface area (Å²) in [5.74, 6) is -0.0456. The number of carboxylic acid groups (broad SMARTS) is 1. The van der Waals surface area contributed by atoms with Crippen LogP contribution in [-0.2, 0) is 4.79 Å². The van der Waals surface area contributed by atoms with Crippen molar-refractivity contribution in [3.63, 3.8) is 0 Å². The fraction of sp³-hybridized carbons (Fsp3) is 0.417. The Labute approximate surface area is 99.5 Å². The highest BCUT2D eigenvalue weighted by molar-refractivity contribution is 7.99. The fourth-order valence-corrected chi connectivity index (χ4v) is 3.58. The second kappa shape index (κ2) is 4.89. The number of aliphatic carboxylic acids is 1. The summed E-state index contributed by atoms with van der Waals surface area (Å²) in [5, 5.41) is 9.31. The van der Waals surface area contributed by atoms with Crippen molar-refractivity contribution >= 4 is 17.7 Å². The third-order valence-corrected chi connectivity index (χ3v) is 4.22. The van der Waals surface area contributed by atoms with Crippen LogP contribution in [0, 0.1) is 0 Å². The van der Waals surface area contributed by atoms with E-state index in [9.17, 15) is 4.79 Å². The maximum Gasteiger partial charge on any atom is 0.321 e. The smallest absolute Gasteiger partial charge is 0.321 e. The van der Waals surface area contributed by atoms with Gasteiger partial charge in [-0.1, -0.05) is 37.3 Å². The molecule has 0 aliphatic carbocycles. The summed E-state index contributed by atoms with van der Waals surface area (Å²) in [6.07, 6.45) is 0. The van der Waals surface area contributed by atoms with Crippen LogP contribution in [0.4, 0.5) is 0 Å². The van der Waals surface area contributed by atoms with Gasteiger partial charge in [0, 0.05) is 5.75 Å². The van der Waals surface area contributed by atoms with Gasteiger partial charge in [0.15, 0.2) is 0 Å². The maximum atomic E-state index is 11.1. The van der Waals surface area contributed by atoms with Crippen LogP contribution >= 0.6 is 11.8 Å². The molecule has 0 radical (unpaired) electrons. The molecule has 0 amide bonds. The molecule has 1 N–H and O–H groups in total. The number of hydrogen-bond donors (Lipinski definition) is 1. The molecule has 2 unspecified atom stereocenters. The lowest BCUT2D eigenvalue weighted by Crippen LogP contribution is -2.38. The summed E-state index contributed by atoms with van der Waals surface area (Å²) in [6.45, 7) is 2.78. The van der Waals surface area contributed by atoms with E-state index in [0.29, 0.717) is 5.75 Å². The first-order valence-corrected chi connectivity index (χ1v) is 6.44. The number of benzene rings is 1. The minimum atomic E-state index is -0.715. The molecule has 1 aromatic rings. The molecule has 0 bridgehead atoms. The Morgan fingerprint density at radius 2 is 2.19 bits per heavy atom. The van der Waals surface area contributed by atoms with E-state index in [4.69, 9.17) is 5.11 Å². The zero-order chi connectivity index (χ0) is 11.5. The van der Waals surface area contributed by atoms with Crippen molar-refractivity contribution in [2.75, 3.05) is 12.3 Å². The highest BCUT2D eigenvalue weighted by Crippen LogP contribution is 2.40. The third kappa shape index (κ3) is 2.08. The van der Waals surface area contributed by atoms with Gasteiger partial charge >= 0.3 is 5.97 Å². The van der Waals surface area contributed by atoms with Crippen LogP contribution in [0.3, 0.4) is 0 Å². The predicted molar refractivity (Wildman–Crippen MR) is 65.4 cm³/mol. The highest BCUT2D eigenvalue weighted by Gasteiger charge is 2.37. The Morgan fingerprint density at radius 3 is 2.75 bits per heavy atom. The van der Waals surface area contributed by atoms with Gasteiger partial charge in [0.05, 0.1) is 5.37 Å². The van der Waals surface area contributed by atoms with Gasteiger partial charge < -0.3 is 5.11 Å². The van der Waals surface area contributed by atoms with Gasteiger partial charge in [0.2, 0.25) is 0 Å². The van der Waals surface area contributed by atoms with Crippen LogP contribution < -0.4 is 0 Å². The first kappa shape index (κ1) is 11.5. The molecule has 1 aliphatic heterocycles. The topological polar surface area (TPSA) is 40.5 Å². The predicted octanol–water partition coefficient (Wildman–Crippen LogP) is 2.21. The SMILES string of the molecule is CCN1C(C(=O)O)CSC1c1ccccc1. The molecule has 2 rings (SSSR count). The van der Waals surface area contributed by atoms with Crippen LogP contribution in [0.25, 0.3) is 0 Å². The van der Waals surface area contributed by atoms with E-state index in [0.717, 1.165) is 6.54 Å². The van der Waals surface area contributed by atoms with Gasteiger partial charge in [0.1, 0.15) is 6.04 Å². The minimum absolute atomic E-state index is 0.187. The Morgan fingerprint density at radius 1 is 1.50 bits per heavy atom. The largest absolute Gasteiger partial charge is 0.480 e. The van der Waals surface area contributed by atoms with Crippen LogP contribution in [-0.4, -0.2) is 34.3 Å². The molecule has 3 nitrogen and oxygen atoms in total. The Hall–Kier alpha value is -1.00. The van der Waals surface area contributed by atoms with Gasteiger partial charge in [-0.25, -0.2) is 0 Å². The number of carboxylic acids is 1. The van der Waals surface area contributed by atoms with Crippen molar-refractivity contribution in [1.82, 2.24) is 4.90 Å². The van der Waals surface area contributed by atoms with Crippen LogP contribution in [0.1, 0.15) is 17.9 Å². The number of rotatable bonds is 3. The average Bonchev–Trinajstić information content (AvgIpc) is 2.73. The van der Waals surface area contributed by atoms with Gasteiger partial charge in [-0.15, -0.1) is 11.8 Å². The molecule has 1 aromatic carbocycles. The third-order valence-electron chi connectivity index (χ3n) is 2.85. The lowest BCUT2D eigenvalue weighted by molar-refractivity contribution is -0.142. The summed E-state index contributed by atoms with van der Waals surface area (Å²) < 4.78 is 0. The molecule has 0 saturated carbocycles. The summed E-state index contributed by atoms with van der Waals surface area (Å²) >= 11 is 1.71. The van der Waals surface area contributed by atoms with Crippen molar-refractivity contribution in [1.29, 1.82) is 0 Å². The van der Waals surface area contributed by atoms with E-state index in [1.54, 1.807) is 11.8 Å². The molecule has 1 aliphatic rings. The van der Waals surface area contributed by atoms with E-state index in [1.807, 2.05) is 30.0 Å².